The van der Waals surface area contributed by atoms with Crippen LogP contribution < -0.4 is 0 Å². The van der Waals surface area contributed by atoms with Crippen LogP contribution >= 0.6 is 22.7 Å². The molecule has 0 radical (unpaired) electrons. The summed E-state index contributed by atoms with van der Waals surface area (Å²) in [7, 11) is 0. The number of benzene rings is 19. The average molecular weight is 1910 g/mol. The zero-order valence-corrected chi connectivity index (χ0v) is 85.3. The molecular weight excluding hydrogens is 1810 g/mol. The molecule has 0 atom stereocenters. The molecule has 145 heavy (non-hydrogen) atoms. The minimum absolute atomic E-state index is 0.0498. The Morgan fingerprint density at radius 1 is 0.200 bits per heavy atom. The Morgan fingerprint density at radius 2 is 0.503 bits per heavy atom. The van der Waals surface area contributed by atoms with Crippen LogP contribution in [0, 0.1) is 0 Å². The highest BCUT2D eigenvalue weighted by Crippen LogP contribution is 2.54. The van der Waals surface area contributed by atoms with Gasteiger partial charge in [0.05, 0.1) is 88.3 Å². The molecule has 14 heteroatoms. The third-order valence-corrected chi connectivity index (χ3v) is 32.5. The third-order valence-electron chi connectivity index (χ3n) is 30.1. The third kappa shape index (κ3) is 13.6. The molecule has 0 spiro atoms. The first kappa shape index (κ1) is 87.5. The van der Waals surface area contributed by atoms with Gasteiger partial charge >= 0.3 is 0 Å². The van der Waals surface area contributed by atoms with Crippen LogP contribution in [0.5, 0.6) is 0 Å². The van der Waals surface area contributed by atoms with Gasteiger partial charge in [0.15, 0.2) is 0 Å². The molecule has 10 aromatic heterocycles. The molecule has 1 aliphatic carbocycles. The van der Waals surface area contributed by atoms with Gasteiger partial charge in [-0.2, -0.15) is 0 Å². The van der Waals surface area contributed by atoms with Crippen LogP contribution in [0.3, 0.4) is 0 Å². The van der Waals surface area contributed by atoms with E-state index in [2.05, 4.69) is 521 Å². The number of nitrogens with zero attached hydrogens (tertiary/aromatic N) is 12. The second kappa shape index (κ2) is 32.2. The van der Waals surface area contributed by atoms with Crippen molar-refractivity contribution in [1.29, 1.82) is 0 Å². The van der Waals surface area contributed by atoms with Crippen molar-refractivity contribution < 1.29 is 0 Å². The number of imidazole rings is 8. The summed E-state index contributed by atoms with van der Waals surface area (Å²) >= 11 is 3.77. The smallest absolute Gasteiger partial charge is 0.216 e. The van der Waals surface area contributed by atoms with E-state index < -0.39 is 0 Å². The molecule has 702 valence electrons. The van der Waals surface area contributed by atoms with Crippen LogP contribution in [-0.2, 0) is 27.6 Å². The number of fused-ring (bicyclic) bond motifs is 35. The summed E-state index contributed by atoms with van der Waals surface area (Å²) in [5, 5.41) is 13.1. The van der Waals surface area contributed by atoms with Gasteiger partial charge in [-0.1, -0.05) is 281 Å². The fourth-order valence-corrected chi connectivity index (χ4v) is 26.4. The lowest BCUT2D eigenvalue weighted by Crippen LogP contribution is -2.21. The summed E-state index contributed by atoms with van der Waals surface area (Å²) in [6, 6.07) is 141. The molecular formula is C131H106N12S2. The minimum atomic E-state index is -0.106. The molecule has 29 aromatic rings. The molecule has 0 bridgehead atoms. The standard InChI is InChI=1S/C35H27N3S.C35H27N3.C32H29N3.C29H23N3S/c1-35(2,3)38-30-20-19-23(21-31(30)37-29-18-8-7-17-28(29)36-34(37)38)25-14-10-16-27-26-15-9-13-24(32(26)39-33(25)27)22-11-5-4-6-12-22;1-35(2,3)38-32-19-17-23(21-33(32)37-31-15-9-8-14-30(31)36-34(37)38)22-16-18-28-26-12-5-4-10-24(26)25-11-6-7-13-27(25)29(28)20-22;1-31(2,3)35-27-18-17-20(19-28(27)34-26-16-9-8-15-25(26)33-30(34)35)21-12-10-13-23-22-11-6-7-14-24(22)32(4,5)29(21)23;1-29(2,3)32-24-14-12-19(17-25(24)31-23-10-6-5-9-22(23)30-28(31)32)18-13-15-27-21(16-18)20-8-4-7-11-26(20)33-27/h4-21H,1-3H3;4-21H,1-3H3;6-19H,1-5H3;4-17H,1-3H3. The lowest BCUT2D eigenvalue weighted by Gasteiger charge is -2.25. The van der Waals surface area contributed by atoms with Crippen molar-refractivity contribution in [3.05, 3.63) is 399 Å². The van der Waals surface area contributed by atoms with Gasteiger partial charge in [0.25, 0.3) is 0 Å². The highest BCUT2D eigenvalue weighted by molar-refractivity contribution is 7.27. The van der Waals surface area contributed by atoms with Gasteiger partial charge in [-0.25, -0.2) is 19.9 Å². The first-order valence-electron chi connectivity index (χ1n) is 50.4. The van der Waals surface area contributed by atoms with Crippen LogP contribution in [-0.4, -0.2) is 55.8 Å². The maximum Gasteiger partial charge on any atom is 0.216 e. The molecule has 12 nitrogen and oxygen atoms in total. The fraction of sp³-hybridized carbons (Fsp3) is 0.145. The zero-order chi connectivity index (χ0) is 98.3. The van der Waals surface area contributed by atoms with Crippen molar-refractivity contribution in [3.8, 4) is 66.8 Å². The van der Waals surface area contributed by atoms with E-state index in [0.29, 0.717) is 0 Å². The van der Waals surface area contributed by atoms with Gasteiger partial charge in [0.2, 0.25) is 23.1 Å². The predicted octanol–water partition coefficient (Wildman–Crippen LogP) is 35.6. The Kier molecular flexibility index (Phi) is 19.5. The van der Waals surface area contributed by atoms with Gasteiger partial charge in [-0.15, -0.1) is 22.7 Å². The van der Waals surface area contributed by atoms with Gasteiger partial charge in [-0.05, 0) is 315 Å². The molecule has 0 N–H and O–H groups in total. The molecule has 30 rings (SSSR count). The normalized spacial score (nSPS) is 13.1. The van der Waals surface area contributed by atoms with E-state index >= 15 is 0 Å². The van der Waals surface area contributed by atoms with E-state index in [9.17, 15) is 0 Å². The van der Waals surface area contributed by atoms with E-state index in [1.807, 2.05) is 22.7 Å². The van der Waals surface area contributed by atoms with Crippen LogP contribution in [0.1, 0.15) is 108 Å². The van der Waals surface area contributed by atoms with Crippen molar-refractivity contribution in [1.82, 2.24) is 55.8 Å². The molecule has 10 heterocycles. The molecule has 0 unspecified atom stereocenters. The van der Waals surface area contributed by atoms with E-state index in [1.165, 1.54) is 195 Å². The summed E-state index contributed by atoms with van der Waals surface area (Å²) in [6.07, 6.45) is 0. The number of hydrogen-bond donors (Lipinski definition) is 0. The lowest BCUT2D eigenvalue weighted by molar-refractivity contribution is 0.418. The maximum absolute atomic E-state index is 5.07. The second-order valence-corrected chi connectivity index (χ2v) is 45.8. The highest BCUT2D eigenvalue weighted by atomic mass is 32.1. The van der Waals surface area contributed by atoms with E-state index in [0.717, 1.165) is 67.2 Å². The molecule has 0 aliphatic heterocycles. The molecule has 0 saturated carbocycles. The van der Waals surface area contributed by atoms with Gasteiger partial charge in [0.1, 0.15) is 0 Å². The monoisotopic (exact) mass is 1910 g/mol. The van der Waals surface area contributed by atoms with Crippen molar-refractivity contribution >= 4 is 207 Å². The van der Waals surface area contributed by atoms with Crippen molar-refractivity contribution in [2.24, 2.45) is 0 Å². The van der Waals surface area contributed by atoms with Crippen LogP contribution in [0.4, 0.5) is 0 Å². The Labute approximate surface area is 846 Å². The number of rotatable bonds is 5. The number of hydrogen-bond acceptors (Lipinski definition) is 6. The molecule has 19 aromatic carbocycles. The fourth-order valence-electron chi connectivity index (χ4n) is 23.9. The first-order chi connectivity index (χ1) is 70.2. The summed E-state index contributed by atoms with van der Waals surface area (Å²) in [5.74, 6) is 3.97. The Hall–Kier alpha value is -16.5. The quantitative estimate of drug-likeness (QED) is 0.161. The number of aromatic nitrogens is 12. The largest absolute Gasteiger partial charge is 0.304 e. The van der Waals surface area contributed by atoms with E-state index in [4.69, 9.17) is 19.9 Å². The highest BCUT2D eigenvalue weighted by Gasteiger charge is 2.39. The van der Waals surface area contributed by atoms with Crippen LogP contribution in [0.25, 0.3) is 251 Å². The average Bonchev–Trinajstić information content (AvgIpc) is 1.61. The minimum Gasteiger partial charge on any atom is -0.304 e. The van der Waals surface area contributed by atoms with Gasteiger partial charge in [0, 0.05) is 67.9 Å². The van der Waals surface area contributed by atoms with Crippen molar-refractivity contribution in [2.75, 3.05) is 0 Å². The second-order valence-electron chi connectivity index (χ2n) is 43.7. The molecule has 0 saturated heterocycles. The topological polar surface area (TPSA) is 88.9 Å². The predicted molar refractivity (Wildman–Crippen MR) is 616 cm³/mol. The molecule has 0 amide bonds. The Balaban J connectivity index is 0.0000000962. The summed E-state index contributed by atoms with van der Waals surface area (Å²) in [6.45, 7) is 31.7. The van der Waals surface area contributed by atoms with Gasteiger partial charge in [-0.3, -0.25) is 17.6 Å². The zero-order valence-electron chi connectivity index (χ0n) is 83.6. The first-order valence-corrected chi connectivity index (χ1v) is 52.0. The summed E-state index contributed by atoms with van der Waals surface area (Å²) in [4.78, 5) is 20.2. The van der Waals surface area contributed by atoms with E-state index in [1.54, 1.807) is 0 Å². The molecule has 0 fully saturated rings. The van der Waals surface area contributed by atoms with E-state index in [-0.39, 0.29) is 27.6 Å². The van der Waals surface area contributed by atoms with Crippen molar-refractivity contribution in [3.63, 3.8) is 0 Å². The Bertz CT molecular complexity index is 10400. The van der Waals surface area contributed by atoms with Crippen LogP contribution in [0.2, 0.25) is 0 Å². The van der Waals surface area contributed by atoms with Crippen molar-refractivity contribution in [2.45, 2.75) is 125 Å². The summed E-state index contributed by atoms with van der Waals surface area (Å²) in [5.41, 5.74) is 35.9. The number of para-hydroxylation sites is 8. The maximum atomic E-state index is 5.07. The SMILES string of the molecule is CC(C)(C)n1c2ccc(-c3ccc4c5ccccc5c5ccccc5c4c3)cc2n2c3ccccc3nc12.CC(C)(C)n1c2ccc(-c3ccc4sc5ccccc5c4c3)cc2n2c3ccccc3nc12.CC(C)(C)n1c2ccc(-c3cccc4c3sc3c(-c5ccccc5)cccc34)cc2n2c3ccccc3nc12.CC1(C)c2ccccc2-c2cccc(-c3ccc4c(c3)n3c5ccccc5nc3n4C(C)(C)C)c21. The molecule has 1 aliphatic rings. The van der Waals surface area contributed by atoms with Gasteiger partial charge < -0.3 is 18.3 Å². The van der Waals surface area contributed by atoms with Crippen LogP contribution in [0.15, 0.2) is 388 Å². The number of thiophene rings is 2. The lowest BCUT2D eigenvalue weighted by atomic mass is 9.79. The summed E-state index contributed by atoms with van der Waals surface area (Å²) < 4.78 is 24.1. The Morgan fingerprint density at radius 3 is 0.959 bits per heavy atom.